The van der Waals surface area contributed by atoms with Gasteiger partial charge in [-0.2, -0.15) is 4.31 Å². The minimum Gasteiger partial charge on any atom is -0.480 e. The zero-order valence-corrected chi connectivity index (χ0v) is 15.7. The first-order chi connectivity index (χ1) is 12.3. The minimum absolute atomic E-state index is 0.123. The van der Waals surface area contributed by atoms with Gasteiger partial charge in [-0.05, 0) is 31.9 Å². The maximum atomic E-state index is 12.7. The van der Waals surface area contributed by atoms with E-state index >= 15 is 0 Å². The van der Waals surface area contributed by atoms with Crippen LogP contribution >= 0.6 is 0 Å². The second-order valence-electron chi connectivity index (χ2n) is 6.35. The van der Waals surface area contributed by atoms with Gasteiger partial charge in [-0.1, -0.05) is 17.7 Å². The fourth-order valence-corrected chi connectivity index (χ4v) is 4.32. The number of aryl methyl sites for hydroxylation is 1. The lowest BCUT2D eigenvalue weighted by atomic mass is 9.97. The minimum atomic E-state index is -3.59. The predicted molar refractivity (Wildman–Crippen MR) is 94.1 cm³/mol. The van der Waals surface area contributed by atoms with Crippen molar-refractivity contribution in [2.75, 3.05) is 26.8 Å². The molecule has 0 spiro atoms. The van der Waals surface area contributed by atoms with E-state index in [2.05, 4.69) is 5.32 Å². The smallest absolute Gasteiger partial charge is 0.328 e. The normalized spacial score (nSPS) is 17.6. The van der Waals surface area contributed by atoms with E-state index in [0.29, 0.717) is 12.8 Å². The Kier molecular flexibility index (Phi) is 6.74. The third-order valence-corrected chi connectivity index (χ3v) is 6.34. The molecule has 1 aliphatic heterocycles. The van der Waals surface area contributed by atoms with E-state index in [-0.39, 0.29) is 30.5 Å². The highest BCUT2D eigenvalue weighted by Crippen LogP contribution is 2.24. The molecule has 1 aromatic rings. The SMILES string of the molecule is COCC(NC(=O)C1CCN(S(=O)(=O)c2ccc(C)cc2)CC1)C(=O)O. The molecule has 0 radical (unpaired) electrons. The highest BCUT2D eigenvalue weighted by Gasteiger charge is 2.33. The summed E-state index contributed by atoms with van der Waals surface area (Å²) in [6.45, 7) is 2.20. The van der Waals surface area contributed by atoms with Crippen LogP contribution in [0.15, 0.2) is 29.2 Å². The first-order valence-electron chi connectivity index (χ1n) is 8.34. The van der Waals surface area contributed by atoms with Gasteiger partial charge in [0.1, 0.15) is 0 Å². The second kappa shape index (κ2) is 8.61. The second-order valence-corrected chi connectivity index (χ2v) is 8.28. The van der Waals surface area contributed by atoms with Crippen LogP contribution in [-0.2, 0) is 24.3 Å². The quantitative estimate of drug-likeness (QED) is 0.712. The summed E-state index contributed by atoms with van der Waals surface area (Å²) in [6, 6.07) is 5.53. The number of carbonyl (C=O) groups is 2. The fraction of sp³-hybridized carbons (Fsp3) is 0.529. The number of nitrogens with zero attached hydrogens (tertiary/aromatic N) is 1. The van der Waals surface area contributed by atoms with E-state index in [0.717, 1.165) is 5.56 Å². The van der Waals surface area contributed by atoms with Crippen LogP contribution in [0.25, 0.3) is 0 Å². The molecule has 0 saturated carbocycles. The summed E-state index contributed by atoms with van der Waals surface area (Å²) in [5.74, 6) is -1.97. The van der Waals surface area contributed by atoms with E-state index in [4.69, 9.17) is 9.84 Å². The summed E-state index contributed by atoms with van der Waals surface area (Å²) in [5.41, 5.74) is 0.975. The topological polar surface area (TPSA) is 113 Å². The number of amides is 1. The molecule has 1 fully saturated rings. The molecule has 1 atom stereocenters. The van der Waals surface area contributed by atoms with Crippen molar-refractivity contribution < 1.29 is 27.9 Å². The van der Waals surface area contributed by atoms with Gasteiger partial charge < -0.3 is 15.2 Å². The maximum Gasteiger partial charge on any atom is 0.328 e. The Morgan fingerprint density at radius 1 is 1.27 bits per heavy atom. The number of benzene rings is 1. The number of aliphatic carboxylic acids is 1. The van der Waals surface area contributed by atoms with Crippen molar-refractivity contribution in [3.8, 4) is 0 Å². The van der Waals surface area contributed by atoms with Gasteiger partial charge in [-0.3, -0.25) is 4.79 Å². The fourth-order valence-electron chi connectivity index (χ4n) is 2.85. The summed E-state index contributed by atoms with van der Waals surface area (Å²) < 4.78 is 31.5. The van der Waals surface area contributed by atoms with Crippen LogP contribution in [0.4, 0.5) is 0 Å². The summed E-state index contributed by atoms with van der Waals surface area (Å²) in [5, 5.41) is 11.5. The molecule has 1 saturated heterocycles. The van der Waals surface area contributed by atoms with Crippen LogP contribution in [0.3, 0.4) is 0 Å². The molecule has 8 nitrogen and oxygen atoms in total. The standard InChI is InChI=1S/C17H24N2O6S/c1-12-3-5-14(6-4-12)26(23,24)19-9-7-13(8-10-19)16(20)18-15(11-25-2)17(21)22/h3-6,13,15H,7-11H2,1-2H3,(H,18,20)(H,21,22). The van der Waals surface area contributed by atoms with Gasteiger partial charge >= 0.3 is 5.97 Å². The van der Waals surface area contributed by atoms with Crippen molar-refractivity contribution in [2.45, 2.75) is 30.7 Å². The molecule has 144 valence electrons. The summed E-state index contributed by atoms with van der Waals surface area (Å²) in [6.07, 6.45) is 0.687. The van der Waals surface area contributed by atoms with Crippen molar-refractivity contribution in [2.24, 2.45) is 5.92 Å². The molecule has 9 heteroatoms. The van der Waals surface area contributed by atoms with E-state index in [1.165, 1.54) is 11.4 Å². The average molecular weight is 384 g/mol. The molecule has 0 bridgehead atoms. The van der Waals surface area contributed by atoms with Crippen LogP contribution in [0, 0.1) is 12.8 Å². The monoisotopic (exact) mass is 384 g/mol. The Hall–Kier alpha value is -1.97. The van der Waals surface area contributed by atoms with Gasteiger partial charge in [-0.25, -0.2) is 13.2 Å². The summed E-state index contributed by atoms with van der Waals surface area (Å²) >= 11 is 0. The van der Waals surface area contributed by atoms with Gasteiger partial charge in [0, 0.05) is 26.1 Å². The van der Waals surface area contributed by atoms with Crippen molar-refractivity contribution in [3.63, 3.8) is 0 Å². The van der Waals surface area contributed by atoms with Crippen molar-refractivity contribution in [3.05, 3.63) is 29.8 Å². The van der Waals surface area contributed by atoms with Crippen LogP contribution in [0.1, 0.15) is 18.4 Å². The Balaban J connectivity index is 1.96. The highest BCUT2D eigenvalue weighted by atomic mass is 32.2. The molecular formula is C17H24N2O6S. The Morgan fingerprint density at radius 3 is 2.35 bits per heavy atom. The average Bonchev–Trinajstić information content (AvgIpc) is 2.61. The molecule has 1 aliphatic rings. The first kappa shape index (κ1) is 20.3. The van der Waals surface area contributed by atoms with Crippen LogP contribution in [-0.4, -0.2) is 62.6 Å². The Bertz CT molecular complexity index is 739. The van der Waals surface area contributed by atoms with E-state index in [9.17, 15) is 18.0 Å². The number of hydrogen-bond acceptors (Lipinski definition) is 5. The number of carboxylic acid groups (broad SMARTS) is 1. The zero-order chi connectivity index (χ0) is 19.3. The molecule has 1 unspecified atom stereocenters. The van der Waals surface area contributed by atoms with E-state index < -0.39 is 28.0 Å². The number of hydrogen-bond donors (Lipinski definition) is 2. The van der Waals surface area contributed by atoms with Gasteiger partial charge in [0.05, 0.1) is 11.5 Å². The van der Waals surface area contributed by atoms with Crippen molar-refractivity contribution in [1.82, 2.24) is 9.62 Å². The molecule has 1 heterocycles. The Labute approximate surface area is 153 Å². The molecule has 0 aliphatic carbocycles. The van der Waals surface area contributed by atoms with E-state index in [1.807, 2.05) is 6.92 Å². The highest BCUT2D eigenvalue weighted by molar-refractivity contribution is 7.89. The lowest BCUT2D eigenvalue weighted by molar-refractivity contribution is -0.144. The van der Waals surface area contributed by atoms with Gasteiger partial charge in [0.15, 0.2) is 6.04 Å². The first-order valence-corrected chi connectivity index (χ1v) is 9.78. The number of carbonyl (C=O) groups excluding carboxylic acids is 1. The number of sulfonamides is 1. The molecule has 2 N–H and O–H groups in total. The zero-order valence-electron chi connectivity index (χ0n) is 14.8. The van der Waals surface area contributed by atoms with Crippen molar-refractivity contribution >= 4 is 21.9 Å². The van der Waals surface area contributed by atoms with Gasteiger partial charge in [-0.15, -0.1) is 0 Å². The lowest BCUT2D eigenvalue weighted by Crippen LogP contribution is -2.49. The third-order valence-electron chi connectivity index (χ3n) is 4.43. The summed E-state index contributed by atoms with van der Waals surface area (Å²) in [7, 11) is -2.23. The number of ether oxygens (including phenoxy) is 1. The Morgan fingerprint density at radius 2 is 1.85 bits per heavy atom. The van der Waals surface area contributed by atoms with E-state index in [1.54, 1.807) is 24.3 Å². The number of nitrogens with one attached hydrogen (secondary N) is 1. The molecule has 2 rings (SSSR count). The van der Waals surface area contributed by atoms with Crippen LogP contribution in [0.5, 0.6) is 0 Å². The molecule has 1 amide bonds. The molecule has 26 heavy (non-hydrogen) atoms. The number of piperidine rings is 1. The van der Waals surface area contributed by atoms with Gasteiger partial charge in [0.25, 0.3) is 0 Å². The van der Waals surface area contributed by atoms with Crippen LogP contribution in [0.2, 0.25) is 0 Å². The lowest BCUT2D eigenvalue weighted by Gasteiger charge is -2.31. The predicted octanol–water partition coefficient (Wildman–Crippen LogP) is 0.612. The maximum absolute atomic E-state index is 12.7. The third kappa shape index (κ3) is 4.80. The molecule has 0 aromatic heterocycles. The van der Waals surface area contributed by atoms with Crippen LogP contribution < -0.4 is 5.32 Å². The number of carboxylic acids is 1. The molecular weight excluding hydrogens is 360 g/mol. The largest absolute Gasteiger partial charge is 0.480 e. The number of rotatable bonds is 7. The van der Waals surface area contributed by atoms with Gasteiger partial charge in [0.2, 0.25) is 15.9 Å². The molecule has 1 aromatic carbocycles. The number of methoxy groups -OCH3 is 1. The van der Waals surface area contributed by atoms with Crippen molar-refractivity contribution in [1.29, 1.82) is 0 Å². The summed E-state index contributed by atoms with van der Waals surface area (Å²) in [4.78, 5) is 23.6.